The van der Waals surface area contributed by atoms with E-state index in [-0.39, 0.29) is 24.1 Å². The Morgan fingerprint density at radius 3 is 2.88 bits per heavy atom. The topological polar surface area (TPSA) is 103 Å². The fraction of sp³-hybridized carbons (Fsp3) is 0.412. The molecular formula is C17H21FN6O2. The van der Waals surface area contributed by atoms with Crippen LogP contribution < -0.4 is 10.6 Å². The molecule has 3 rings (SSSR count). The van der Waals surface area contributed by atoms with Crippen molar-refractivity contribution in [1.82, 2.24) is 30.9 Å². The molecule has 0 saturated carbocycles. The van der Waals surface area contributed by atoms with Gasteiger partial charge in [0, 0.05) is 32.6 Å². The Hall–Kier alpha value is -2.81. The van der Waals surface area contributed by atoms with Crippen LogP contribution in [0, 0.1) is 5.82 Å². The lowest BCUT2D eigenvalue weighted by Crippen LogP contribution is -2.56. The molecule has 1 fully saturated rings. The van der Waals surface area contributed by atoms with Crippen LogP contribution in [-0.2, 0) is 22.6 Å². The molecule has 1 unspecified atom stereocenters. The summed E-state index contributed by atoms with van der Waals surface area (Å²) in [5.41, 5.74) is 1.66. The smallest absolute Gasteiger partial charge is 0.237 e. The minimum Gasteiger partial charge on any atom is -0.356 e. The van der Waals surface area contributed by atoms with Crippen LogP contribution in [0.3, 0.4) is 0 Å². The van der Waals surface area contributed by atoms with Crippen LogP contribution in [-0.4, -0.2) is 57.8 Å². The van der Waals surface area contributed by atoms with E-state index < -0.39 is 6.04 Å². The summed E-state index contributed by atoms with van der Waals surface area (Å²) < 4.78 is 13.1. The monoisotopic (exact) mass is 360 g/mol. The standard InChI is InChI=1S/C17H21FN6O2/c18-13-3-1-12(2-4-13)11-24-8-7-20-17(26)15(24)9-16(25)19-6-5-14-10-21-23-22-14/h1-4,10,15H,5-9,11H2,(H,19,25)(H,20,26)(H,21,22,23). The first-order chi connectivity index (χ1) is 12.6. The summed E-state index contributed by atoms with van der Waals surface area (Å²) in [6.45, 7) is 2.09. The van der Waals surface area contributed by atoms with Gasteiger partial charge in [0.2, 0.25) is 11.8 Å². The number of carbonyl (C=O) groups excluding carboxylic acids is 2. The van der Waals surface area contributed by atoms with Crippen molar-refractivity contribution in [3.8, 4) is 0 Å². The molecule has 0 spiro atoms. The van der Waals surface area contributed by atoms with Gasteiger partial charge in [-0.2, -0.15) is 15.4 Å². The van der Waals surface area contributed by atoms with Crippen LogP contribution in [0.1, 0.15) is 17.7 Å². The van der Waals surface area contributed by atoms with Crippen LogP contribution in [0.2, 0.25) is 0 Å². The quantitative estimate of drug-likeness (QED) is 0.645. The van der Waals surface area contributed by atoms with Crippen LogP contribution >= 0.6 is 0 Å². The number of hydrogen-bond acceptors (Lipinski definition) is 5. The number of benzene rings is 1. The third-order valence-electron chi connectivity index (χ3n) is 4.29. The lowest BCUT2D eigenvalue weighted by Gasteiger charge is -2.34. The Kier molecular flexibility index (Phi) is 5.90. The Balaban J connectivity index is 1.54. The summed E-state index contributed by atoms with van der Waals surface area (Å²) >= 11 is 0. The molecule has 1 aliphatic heterocycles. The van der Waals surface area contributed by atoms with Crippen LogP contribution in [0.25, 0.3) is 0 Å². The highest BCUT2D eigenvalue weighted by atomic mass is 19.1. The maximum atomic E-state index is 13.1. The number of hydrogen-bond donors (Lipinski definition) is 3. The van der Waals surface area contributed by atoms with E-state index in [1.165, 1.54) is 12.1 Å². The third-order valence-corrected chi connectivity index (χ3v) is 4.29. The van der Waals surface area contributed by atoms with Gasteiger partial charge in [-0.3, -0.25) is 14.5 Å². The molecule has 1 atom stereocenters. The maximum Gasteiger partial charge on any atom is 0.237 e. The second kappa shape index (κ2) is 8.52. The number of aromatic nitrogens is 3. The highest BCUT2D eigenvalue weighted by molar-refractivity contribution is 5.88. The summed E-state index contributed by atoms with van der Waals surface area (Å²) in [6, 6.07) is 5.63. The van der Waals surface area contributed by atoms with Crippen LogP contribution in [0.4, 0.5) is 4.39 Å². The molecule has 26 heavy (non-hydrogen) atoms. The molecule has 0 radical (unpaired) electrons. The maximum absolute atomic E-state index is 13.1. The van der Waals surface area contributed by atoms with Gasteiger partial charge in [0.15, 0.2) is 0 Å². The first kappa shape index (κ1) is 18.0. The highest BCUT2D eigenvalue weighted by Crippen LogP contribution is 2.14. The largest absolute Gasteiger partial charge is 0.356 e. The molecule has 0 aliphatic carbocycles. The number of piperazine rings is 1. The van der Waals surface area contributed by atoms with Crippen molar-refractivity contribution in [2.45, 2.75) is 25.4 Å². The van der Waals surface area contributed by atoms with Gasteiger partial charge in [0.25, 0.3) is 0 Å². The lowest BCUT2D eigenvalue weighted by molar-refractivity contribution is -0.134. The summed E-state index contributed by atoms with van der Waals surface area (Å²) in [7, 11) is 0. The van der Waals surface area contributed by atoms with Gasteiger partial charge >= 0.3 is 0 Å². The van der Waals surface area contributed by atoms with E-state index in [4.69, 9.17) is 0 Å². The van der Waals surface area contributed by atoms with Gasteiger partial charge < -0.3 is 10.6 Å². The molecule has 2 amide bonds. The minimum atomic E-state index is -0.541. The van der Waals surface area contributed by atoms with Gasteiger partial charge in [-0.25, -0.2) is 4.39 Å². The zero-order chi connectivity index (χ0) is 18.4. The molecule has 3 N–H and O–H groups in total. The molecule has 1 saturated heterocycles. The Morgan fingerprint density at radius 2 is 2.15 bits per heavy atom. The van der Waals surface area contributed by atoms with E-state index in [9.17, 15) is 14.0 Å². The fourth-order valence-electron chi connectivity index (χ4n) is 2.92. The predicted molar refractivity (Wildman–Crippen MR) is 91.3 cm³/mol. The first-order valence-electron chi connectivity index (χ1n) is 8.49. The van der Waals surface area contributed by atoms with E-state index in [1.54, 1.807) is 18.3 Å². The van der Waals surface area contributed by atoms with Gasteiger partial charge in [-0.05, 0) is 17.7 Å². The predicted octanol–water partition coefficient (Wildman–Crippen LogP) is -0.00680. The number of halogens is 1. The van der Waals surface area contributed by atoms with Crippen molar-refractivity contribution in [3.63, 3.8) is 0 Å². The zero-order valence-electron chi connectivity index (χ0n) is 14.2. The SMILES string of the molecule is O=C(CC1C(=O)NCCN1Cc1ccc(F)cc1)NCCc1cn[nH]n1. The second-order valence-electron chi connectivity index (χ2n) is 6.17. The number of H-pyrrole nitrogens is 1. The summed E-state index contributed by atoms with van der Waals surface area (Å²) in [4.78, 5) is 26.4. The second-order valence-corrected chi connectivity index (χ2v) is 6.17. The number of nitrogens with zero attached hydrogens (tertiary/aromatic N) is 3. The summed E-state index contributed by atoms with van der Waals surface area (Å²) in [5, 5.41) is 15.7. The van der Waals surface area contributed by atoms with E-state index >= 15 is 0 Å². The molecule has 2 aromatic rings. The van der Waals surface area contributed by atoms with E-state index in [1.807, 2.05) is 4.90 Å². The normalized spacial score (nSPS) is 17.7. The van der Waals surface area contributed by atoms with E-state index in [0.29, 0.717) is 32.6 Å². The highest BCUT2D eigenvalue weighted by Gasteiger charge is 2.31. The molecular weight excluding hydrogens is 339 g/mol. The Bertz CT molecular complexity index is 734. The average Bonchev–Trinajstić information content (AvgIpc) is 3.13. The molecule has 1 aliphatic rings. The number of rotatable bonds is 7. The molecule has 1 aromatic heterocycles. The van der Waals surface area contributed by atoms with Gasteiger partial charge in [-0.1, -0.05) is 12.1 Å². The van der Waals surface area contributed by atoms with Crippen molar-refractivity contribution in [2.24, 2.45) is 0 Å². The van der Waals surface area contributed by atoms with Crippen LogP contribution in [0.5, 0.6) is 0 Å². The lowest BCUT2D eigenvalue weighted by atomic mass is 10.1. The fourth-order valence-corrected chi connectivity index (χ4v) is 2.92. The third kappa shape index (κ3) is 4.85. The van der Waals surface area contributed by atoms with Crippen molar-refractivity contribution < 1.29 is 14.0 Å². The molecule has 0 bridgehead atoms. The molecule has 138 valence electrons. The molecule has 8 nitrogen and oxygen atoms in total. The number of carbonyl (C=O) groups is 2. The van der Waals surface area contributed by atoms with Gasteiger partial charge in [0.1, 0.15) is 5.82 Å². The molecule has 9 heteroatoms. The molecule has 2 heterocycles. The number of amides is 2. The van der Waals surface area contributed by atoms with Crippen molar-refractivity contribution in [1.29, 1.82) is 0 Å². The van der Waals surface area contributed by atoms with Crippen molar-refractivity contribution >= 4 is 11.8 Å². The Morgan fingerprint density at radius 1 is 1.35 bits per heavy atom. The van der Waals surface area contributed by atoms with Gasteiger partial charge in [-0.15, -0.1) is 0 Å². The first-order valence-corrected chi connectivity index (χ1v) is 8.49. The molecule has 1 aromatic carbocycles. The van der Waals surface area contributed by atoms with Crippen molar-refractivity contribution in [2.75, 3.05) is 19.6 Å². The van der Waals surface area contributed by atoms with E-state index in [2.05, 4.69) is 26.0 Å². The number of aromatic amines is 1. The van der Waals surface area contributed by atoms with Crippen LogP contribution in [0.15, 0.2) is 30.5 Å². The van der Waals surface area contributed by atoms with Gasteiger partial charge in [0.05, 0.1) is 24.4 Å². The van der Waals surface area contributed by atoms with E-state index in [0.717, 1.165) is 11.3 Å². The summed E-state index contributed by atoms with van der Waals surface area (Å²) in [6.07, 6.45) is 2.25. The zero-order valence-corrected chi connectivity index (χ0v) is 14.2. The number of nitrogens with one attached hydrogen (secondary N) is 3. The minimum absolute atomic E-state index is 0.0752. The average molecular weight is 360 g/mol. The Labute approximate surface area is 150 Å². The summed E-state index contributed by atoms with van der Waals surface area (Å²) in [5.74, 6) is -0.655. The van der Waals surface area contributed by atoms with Crippen molar-refractivity contribution in [3.05, 3.63) is 47.5 Å².